The summed E-state index contributed by atoms with van der Waals surface area (Å²) >= 11 is 10.1. The van der Waals surface area contributed by atoms with Crippen LogP contribution in [0.1, 0.15) is 81.3 Å². The zero-order valence-electron chi connectivity index (χ0n) is 24.3. The molecule has 3 heterocycles. The molecule has 6 nitrogen and oxygen atoms in total. The molecule has 0 saturated carbocycles. The fourth-order valence-electron chi connectivity index (χ4n) is 7.03. The van der Waals surface area contributed by atoms with Gasteiger partial charge in [0.2, 0.25) is 0 Å². The van der Waals surface area contributed by atoms with Crippen LogP contribution in [0.15, 0.2) is 34.9 Å². The first kappa shape index (κ1) is 29.8. The van der Waals surface area contributed by atoms with Crippen molar-refractivity contribution in [3.63, 3.8) is 0 Å². The third-order valence-corrected chi connectivity index (χ3v) is 9.60. The lowest BCUT2D eigenvalue weighted by molar-refractivity contribution is -0.00817. The van der Waals surface area contributed by atoms with E-state index in [4.69, 9.17) is 26.1 Å². The van der Waals surface area contributed by atoms with Gasteiger partial charge in [-0.15, -0.1) is 0 Å². The van der Waals surface area contributed by atoms with Crippen molar-refractivity contribution in [3.05, 3.63) is 62.3 Å². The van der Waals surface area contributed by atoms with Crippen LogP contribution in [0.5, 0.6) is 0 Å². The summed E-state index contributed by atoms with van der Waals surface area (Å²) in [5.74, 6) is 1.28. The molecule has 1 aliphatic carbocycles. The van der Waals surface area contributed by atoms with E-state index in [9.17, 15) is 4.79 Å². The fraction of sp³-hybridized carbons (Fsp3) is 0.625. The normalized spacial score (nSPS) is 24.2. The molecule has 0 spiro atoms. The zero-order valence-corrected chi connectivity index (χ0v) is 26.6. The maximum Gasteiger partial charge on any atom is 0.410 e. The van der Waals surface area contributed by atoms with Gasteiger partial charge in [-0.3, -0.25) is 9.88 Å². The number of rotatable bonds is 5. The van der Waals surface area contributed by atoms with Crippen LogP contribution in [-0.4, -0.2) is 65.9 Å². The number of carbonyl (C=O) groups excluding carboxylic acids is 1. The van der Waals surface area contributed by atoms with Gasteiger partial charge < -0.3 is 14.4 Å². The molecule has 2 saturated heterocycles. The van der Waals surface area contributed by atoms with Gasteiger partial charge in [-0.25, -0.2) is 4.79 Å². The highest BCUT2D eigenvalue weighted by atomic mass is 79.9. The number of methoxy groups -OCH3 is 1. The van der Waals surface area contributed by atoms with Crippen molar-refractivity contribution in [2.75, 3.05) is 33.4 Å². The molecule has 3 atom stereocenters. The third kappa shape index (κ3) is 6.86. The molecule has 2 aromatic rings. The highest BCUT2D eigenvalue weighted by Crippen LogP contribution is 2.42. The lowest BCUT2D eigenvalue weighted by Gasteiger charge is -2.45. The van der Waals surface area contributed by atoms with Crippen LogP contribution in [0.2, 0.25) is 5.02 Å². The number of halogens is 2. The minimum atomic E-state index is -0.488. The number of piperidine rings is 2. The quantitative estimate of drug-likeness (QED) is 0.343. The number of aryl methyl sites for hydroxylation is 2. The minimum absolute atomic E-state index is 0.155. The first-order valence-electron chi connectivity index (χ1n) is 14.8. The maximum atomic E-state index is 13.0. The van der Waals surface area contributed by atoms with E-state index in [1.54, 1.807) is 7.11 Å². The van der Waals surface area contributed by atoms with Crippen molar-refractivity contribution in [1.29, 1.82) is 0 Å². The molecule has 2 unspecified atom stereocenters. The number of hydrogen-bond donors (Lipinski definition) is 0. The van der Waals surface area contributed by atoms with E-state index >= 15 is 0 Å². The summed E-state index contributed by atoms with van der Waals surface area (Å²) in [6.07, 6.45) is 8.95. The number of likely N-dealkylation sites (tertiary alicyclic amines) is 2. The Kier molecular flexibility index (Phi) is 9.45. The highest BCUT2D eigenvalue weighted by Gasteiger charge is 2.39. The lowest BCUT2D eigenvalue weighted by Crippen LogP contribution is -2.50. The monoisotopic (exact) mass is 631 g/mol. The summed E-state index contributed by atoms with van der Waals surface area (Å²) in [7, 11) is 1.74. The van der Waals surface area contributed by atoms with Crippen molar-refractivity contribution in [2.45, 2.75) is 83.4 Å². The molecule has 5 rings (SSSR count). The van der Waals surface area contributed by atoms with Gasteiger partial charge in [0.15, 0.2) is 0 Å². The molecule has 218 valence electrons. The Morgan fingerprint density at radius 2 is 1.80 bits per heavy atom. The molecule has 2 fully saturated rings. The van der Waals surface area contributed by atoms with Crippen LogP contribution >= 0.6 is 27.5 Å². The number of hydrogen-bond acceptors (Lipinski definition) is 5. The average Bonchev–Trinajstić information content (AvgIpc) is 3.07. The van der Waals surface area contributed by atoms with E-state index in [2.05, 4.69) is 39.0 Å². The van der Waals surface area contributed by atoms with Crippen LogP contribution in [0.3, 0.4) is 0 Å². The van der Waals surface area contributed by atoms with E-state index in [1.807, 2.05) is 37.9 Å². The first-order valence-corrected chi connectivity index (χ1v) is 16.0. The predicted octanol–water partition coefficient (Wildman–Crippen LogP) is 7.45. The number of aromatic nitrogens is 1. The SMILES string of the molecule is COCC[C@@H]1CC(C2CCN(C3c4ccc(Cl)cc4CCc4cc(Br)cnc43)CC2)CCN1C(=O)OC(C)(C)C. The largest absolute Gasteiger partial charge is 0.444 e. The van der Waals surface area contributed by atoms with Gasteiger partial charge in [0, 0.05) is 42.0 Å². The number of fused-ring (bicyclic) bond motifs is 2. The van der Waals surface area contributed by atoms with Gasteiger partial charge in [0.05, 0.1) is 11.7 Å². The van der Waals surface area contributed by atoms with Gasteiger partial charge in [-0.2, -0.15) is 0 Å². The van der Waals surface area contributed by atoms with Crippen molar-refractivity contribution < 1.29 is 14.3 Å². The van der Waals surface area contributed by atoms with Gasteiger partial charge in [0.1, 0.15) is 5.60 Å². The fourth-order valence-corrected chi connectivity index (χ4v) is 7.60. The molecule has 1 aromatic heterocycles. The summed E-state index contributed by atoms with van der Waals surface area (Å²) in [4.78, 5) is 22.6. The smallest absolute Gasteiger partial charge is 0.410 e. The molecule has 2 aliphatic heterocycles. The van der Waals surface area contributed by atoms with Crippen LogP contribution in [0.4, 0.5) is 4.79 Å². The summed E-state index contributed by atoms with van der Waals surface area (Å²) < 4.78 is 12.2. The summed E-state index contributed by atoms with van der Waals surface area (Å²) in [6, 6.07) is 8.97. The predicted molar refractivity (Wildman–Crippen MR) is 163 cm³/mol. The number of carbonyl (C=O) groups is 1. The molecule has 3 aliphatic rings. The number of amides is 1. The van der Waals surface area contributed by atoms with E-state index < -0.39 is 5.60 Å². The van der Waals surface area contributed by atoms with E-state index in [0.717, 1.165) is 61.2 Å². The Morgan fingerprint density at radius 1 is 1.07 bits per heavy atom. The molecule has 0 radical (unpaired) electrons. The average molecular weight is 633 g/mol. The molecule has 1 amide bonds. The molecular formula is C32H43BrClN3O3. The summed E-state index contributed by atoms with van der Waals surface area (Å²) in [6.45, 7) is 9.31. The molecule has 0 bridgehead atoms. The number of pyridine rings is 1. The van der Waals surface area contributed by atoms with Crippen LogP contribution < -0.4 is 0 Å². The van der Waals surface area contributed by atoms with Gasteiger partial charge >= 0.3 is 6.09 Å². The number of nitrogens with zero attached hydrogens (tertiary/aromatic N) is 3. The van der Waals surface area contributed by atoms with Crippen molar-refractivity contribution in [2.24, 2.45) is 11.8 Å². The first-order chi connectivity index (χ1) is 19.1. The topological polar surface area (TPSA) is 54.9 Å². The van der Waals surface area contributed by atoms with Gasteiger partial charge in [-0.05, 0) is 141 Å². The minimum Gasteiger partial charge on any atom is -0.444 e. The maximum absolute atomic E-state index is 13.0. The third-order valence-electron chi connectivity index (χ3n) is 8.94. The molecular weight excluding hydrogens is 590 g/mol. The van der Waals surface area contributed by atoms with Gasteiger partial charge in [-0.1, -0.05) is 17.7 Å². The van der Waals surface area contributed by atoms with Crippen LogP contribution in [-0.2, 0) is 22.3 Å². The van der Waals surface area contributed by atoms with Gasteiger partial charge in [0.25, 0.3) is 0 Å². The molecule has 0 N–H and O–H groups in total. The van der Waals surface area contributed by atoms with E-state index in [1.165, 1.54) is 35.2 Å². The Balaban J connectivity index is 1.30. The Morgan fingerprint density at radius 3 is 2.52 bits per heavy atom. The lowest BCUT2D eigenvalue weighted by atomic mass is 9.75. The Labute approximate surface area is 252 Å². The van der Waals surface area contributed by atoms with Crippen LogP contribution in [0, 0.1) is 11.8 Å². The standard InChI is InChI=1S/C32H43BrClN3O3/c1-32(2,3)40-31(38)37-15-11-22(19-27(37)12-16-39-4)21-9-13-36(14-10-21)30-28-8-7-26(34)18-23(28)5-6-24-17-25(33)20-35-29(24)30/h7-8,17-18,20-22,27,30H,5-6,9-16,19H2,1-4H3/t22?,27-,30?/m1/s1. The summed E-state index contributed by atoms with van der Waals surface area (Å²) in [5, 5.41) is 0.803. The molecule has 1 aromatic carbocycles. The molecule has 40 heavy (non-hydrogen) atoms. The van der Waals surface area contributed by atoms with Crippen molar-refractivity contribution in [3.8, 4) is 0 Å². The second-order valence-corrected chi connectivity index (χ2v) is 14.1. The van der Waals surface area contributed by atoms with E-state index in [0.29, 0.717) is 18.4 Å². The Bertz CT molecular complexity index is 1140. The highest BCUT2D eigenvalue weighted by molar-refractivity contribution is 9.10. The number of benzene rings is 1. The second kappa shape index (κ2) is 12.7. The molecule has 8 heteroatoms. The van der Waals surface area contributed by atoms with Crippen molar-refractivity contribution >= 4 is 33.6 Å². The summed E-state index contributed by atoms with van der Waals surface area (Å²) in [5.41, 5.74) is 4.71. The number of ether oxygens (including phenoxy) is 2. The second-order valence-electron chi connectivity index (χ2n) is 12.7. The zero-order chi connectivity index (χ0) is 28.4. The van der Waals surface area contributed by atoms with E-state index in [-0.39, 0.29) is 18.2 Å². The Hall–Kier alpha value is -1.67. The van der Waals surface area contributed by atoms with Crippen LogP contribution in [0.25, 0.3) is 0 Å². The van der Waals surface area contributed by atoms with Crippen molar-refractivity contribution in [1.82, 2.24) is 14.8 Å².